The van der Waals surface area contributed by atoms with Crippen molar-refractivity contribution in [2.75, 3.05) is 5.32 Å². The molecule has 1 amide bonds. The first-order valence-electron chi connectivity index (χ1n) is 6.39. The van der Waals surface area contributed by atoms with Crippen LogP contribution in [0.4, 0.5) is 10.1 Å². The van der Waals surface area contributed by atoms with Crippen LogP contribution in [-0.2, 0) is 4.79 Å². The lowest BCUT2D eigenvalue weighted by Crippen LogP contribution is -2.12. The molecule has 100 valence electrons. The van der Waals surface area contributed by atoms with Gasteiger partial charge in [-0.05, 0) is 18.6 Å². The molecular formula is C14H19ClFNO. The van der Waals surface area contributed by atoms with E-state index in [4.69, 9.17) is 11.6 Å². The van der Waals surface area contributed by atoms with Crippen LogP contribution in [0.2, 0.25) is 5.02 Å². The van der Waals surface area contributed by atoms with Crippen LogP contribution in [0.5, 0.6) is 0 Å². The zero-order valence-corrected chi connectivity index (χ0v) is 11.4. The van der Waals surface area contributed by atoms with Crippen molar-refractivity contribution in [2.45, 2.75) is 45.4 Å². The standard InChI is InChI=1S/C14H19ClFNO/c1-2-3-4-5-6-10-13(18)17-12-9-7-8-11(15)14(12)16/h7-9H,2-6,10H2,1H3,(H,17,18). The SMILES string of the molecule is CCCCCCCC(=O)Nc1cccc(Cl)c1F. The third kappa shape index (κ3) is 5.05. The minimum absolute atomic E-state index is 0.0238. The van der Waals surface area contributed by atoms with Gasteiger partial charge in [-0.1, -0.05) is 50.3 Å². The molecule has 0 unspecified atom stereocenters. The maximum Gasteiger partial charge on any atom is 0.224 e. The van der Waals surface area contributed by atoms with Crippen molar-refractivity contribution in [2.24, 2.45) is 0 Å². The molecule has 0 spiro atoms. The fourth-order valence-electron chi connectivity index (χ4n) is 1.70. The predicted molar refractivity (Wildman–Crippen MR) is 73.4 cm³/mol. The first-order chi connectivity index (χ1) is 8.65. The molecule has 0 fully saturated rings. The number of amides is 1. The Hall–Kier alpha value is -1.09. The zero-order valence-electron chi connectivity index (χ0n) is 10.6. The van der Waals surface area contributed by atoms with E-state index in [0.29, 0.717) is 6.42 Å². The summed E-state index contributed by atoms with van der Waals surface area (Å²) in [7, 11) is 0. The normalized spacial score (nSPS) is 10.4. The van der Waals surface area contributed by atoms with Crippen molar-refractivity contribution in [1.29, 1.82) is 0 Å². The van der Waals surface area contributed by atoms with E-state index in [1.165, 1.54) is 25.0 Å². The summed E-state index contributed by atoms with van der Waals surface area (Å²) in [6, 6.07) is 4.58. The van der Waals surface area contributed by atoms with Gasteiger partial charge in [0.05, 0.1) is 10.7 Å². The first-order valence-corrected chi connectivity index (χ1v) is 6.76. The molecule has 1 aromatic rings. The molecule has 1 rings (SSSR count). The molecule has 0 aliphatic heterocycles. The van der Waals surface area contributed by atoms with E-state index in [-0.39, 0.29) is 16.6 Å². The average molecular weight is 272 g/mol. The number of rotatable bonds is 7. The van der Waals surface area contributed by atoms with E-state index in [9.17, 15) is 9.18 Å². The Morgan fingerprint density at radius 2 is 2.00 bits per heavy atom. The molecule has 2 nitrogen and oxygen atoms in total. The van der Waals surface area contributed by atoms with E-state index in [2.05, 4.69) is 12.2 Å². The number of hydrogen-bond acceptors (Lipinski definition) is 1. The van der Waals surface area contributed by atoms with Crippen LogP contribution < -0.4 is 5.32 Å². The second-order valence-corrected chi connectivity index (χ2v) is 4.72. The van der Waals surface area contributed by atoms with E-state index in [1.807, 2.05) is 0 Å². The van der Waals surface area contributed by atoms with E-state index in [0.717, 1.165) is 19.3 Å². The number of carbonyl (C=O) groups excluding carboxylic acids is 1. The Balaban J connectivity index is 2.34. The first kappa shape index (κ1) is 15.0. The Kier molecular flexibility index (Phi) is 6.73. The molecule has 0 bridgehead atoms. The summed E-state index contributed by atoms with van der Waals surface area (Å²) in [4.78, 5) is 11.6. The fraction of sp³-hybridized carbons (Fsp3) is 0.500. The highest BCUT2D eigenvalue weighted by Crippen LogP contribution is 2.22. The molecule has 18 heavy (non-hydrogen) atoms. The van der Waals surface area contributed by atoms with Crippen molar-refractivity contribution < 1.29 is 9.18 Å². The van der Waals surface area contributed by atoms with Gasteiger partial charge in [-0.25, -0.2) is 4.39 Å². The summed E-state index contributed by atoms with van der Waals surface area (Å²) in [5.74, 6) is -0.730. The van der Waals surface area contributed by atoms with Gasteiger partial charge >= 0.3 is 0 Å². The lowest BCUT2D eigenvalue weighted by atomic mass is 10.1. The second-order valence-electron chi connectivity index (χ2n) is 4.31. The summed E-state index contributed by atoms with van der Waals surface area (Å²) < 4.78 is 13.5. The summed E-state index contributed by atoms with van der Waals surface area (Å²) in [6.07, 6.45) is 5.84. The van der Waals surface area contributed by atoms with Crippen LogP contribution in [-0.4, -0.2) is 5.91 Å². The van der Waals surface area contributed by atoms with Crippen molar-refractivity contribution in [1.82, 2.24) is 0 Å². The monoisotopic (exact) mass is 271 g/mol. The van der Waals surface area contributed by atoms with E-state index < -0.39 is 5.82 Å². The topological polar surface area (TPSA) is 29.1 Å². The molecule has 0 aromatic heterocycles. The van der Waals surface area contributed by atoms with Crippen molar-refractivity contribution >= 4 is 23.2 Å². The van der Waals surface area contributed by atoms with Crippen LogP contribution in [0.1, 0.15) is 45.4 Å². The minimum atomic E-state index is -0.571. The van der Waals surface area contributed by atoms with Gasteiger partial charge in [-0.15, -0.1) is 0 Å². The van der Waals surface area contributed by atoms with Crippen molar-refractivity contribution in [3.63, 3.8) is 0 Å². The Bertz CT molecular complexity index is 395. The molecule has 4 heteroatoms. The van der Waals surface area contributed by atoms with Crippen molar-refractivity contribution in [3.05, 3.63) is 29.0 Å². The summed E-state index contributed by atoms with van der Waals surface area (Å²) in [5.41, 5.74) is 0.154. The molecule has 0 heterocycles. The average Bonchev–Trinajstić information content (AvgIpc) is 2.35. The quantitative estimate of drug-likeness (QED) is 0.711. The van der Waals surface area contributed by atoms with Crippen LogP contribution in [0.3, 0.4) is 0 Å². The Labute approximate surface area is 113 Å². The molecule has 0 aliphatic carbocycles. The number of anilines is 1. The molecule has 0 radical (unpaired) electrons. The van der Waals surface area contributed by atoms with Crippen LogP contribution in [0.15, 0.2) is 18.2 Å². The van der Waals surface area contributed by atoms with Crippen molar-refractivity contribution in [3.8, 4) is 0 Å². The van der Waals surface area contributed by atoms with Gasteiger partial charge in [0.25, 0.3) is 0 Å². The van der Waals surface area contributed by atoms with Gasteiger partial charge in [-0.3, -0.25) is 4.79 Å². The molecule has 1 N–H and O–H groups in total. The number of nitrogens with one attached hydrogen (secondary N) is 1. The van der Waals surface area contributed by atoms with Gasteiger partial charge in [0, 0.05) is 6.42 Å². The van der Waals surface area contributed by atoms with Gasteiger partial charge in [0.1, 0.15) is 0 Å². The zero-order chi connectivity index (χ0) is 13.4. The van der Waals surface area contributed by atoms with E-state index in [1.54, 1.807) is 6.07 Å². The number of benzene rings is 1. The minimum Gasteiger partial charge on any atom is -0.324 e. The number of unbranched alkanes of at least 4 members (excludes halogenated alkanes) is 4. The molecular weight excluding hydrogens is 253 g/mol. The fourth-order valence-corrected chi connectivity index (χ4v) is 1.88. The molecule has 0 aliphatic rings. The highest BCUT2D eigenvalue weighted by Gasteiger charge is 2.09. The third-order valence-electron chi connectivity index (χ3n) is 2.73. The highest BCUT2D eigenvalue weighted by molar-refractivity contribution is 6.31. The van der Waals surface area contributed by atoms with Crippen LogP contribution in [0, 0.1) is 5.82 Å². The highest BCUT2D eigenvalue weighted by atomic mass is 35.5. The molecule has 1 aromatic carbocycles. The smallest absolute Gasteiger partial charge is 0.224 e. The van der Waals surface area contributed by atoms with Crippen LogP contribution in [0.25, 0.3) is 0 Å². The second kappa shape index (κ2) is 8.09. The van der Waals surface area contributed by atoms with Gasteiger partial charge in [0.2, 0.25) is 5.91 Å². The maximum atomic E-state index is 13.5. The lowest BCUT2D eigenvalue weighted by Gasteiger charge is -2.07. The molecule has 0 atom stereocenters. The number of halogens is 2. The number of carbonyl (C=O) groups is 1. The summed E-state index contributed by atoms with van der Waals surface area (Å²) in [6.45, 7) is 2.15. The summed E-state index contributed by atoms with van der Waals surface area (Å²) >= 11 is 5.63. The molecule has 0 saturated carbocycles. The van der Waals surface area contributed by atoms with Gasteiger partial charge in [0.15, 0.2) is 5.82 Å². The Morgan fingerprint density at radius 1 is 1.28 bits per heavy atom. The number of hydrogen-bond donors (Lipinski definition) is 1. The van der Waals surface area contributed by atoms with Gasteiger partial charge < -0.3 is 5.32 Å². The van der Waals surface area contributed by atoms with Crippen LogP contribution >= 0.6 is 11.6 Å². The third-order valence-corrected chi connectivity index (χ3v) is 3.02. The predicted octanol–water partition coefficient (Wildman–Crippen LogP) is 4.78. The maximum absolute atomic E-state index is 13.5. The molecule has 0 saturated heterocycles. The largest absolute Gasteiger partial charge is 0.324 e. The van der Waals surface area contributed by atoms with Gasteiger partial charge in [-0.2, -0.15) is 0 Å². The lowest BCUT2D eigenvalue weighted by molar-refractivity contribution is -0.116. The summed E-state index contributed by atoms with van der Waals surface area (Å²) in [5, 5.41) is 2.57. The van der Waals surface area contributed by atoms with E-state index >= 15 is 0 Å². The Morgan fingerprint density at radius 3 is 2.72 bits per heavy atom.